The highest BCUT2D eigenvalue weighted by atomic mass is 35.5. The molecule has 0 N–H and O–H groups in total. The number of hydrogen-bond acceptors (Lipinski definition) is 4. The second-order valence-electron chi connectivity index (χ2n) is 4.02. The minimum absolute atomic E-state index is 0.0796. The van der Waals surface area contributed by atoms with Crippen LogP contribution >= 0.6 is 11.6 Å². The largest absolute Gasteiger partial charge is 0.469 e. The predicted octanol–water partition coefficient (Wildman–Crippen LogP) is 2.82. The molecule has 1 aromatic carbocycles. The number of rotatable bonds is 3. The number of methoxy groups -OCH3 is 1. The summed E-state index contributed by atoms with van der Waals surface area (Å²) in [4.78, 5) is 19.9. The third-order valence-corrected chi connectivity index (χ3v) is 3.06. The molecule has 0 bridgehead atoms. The predicted molar refractivity (Wildman–Crippen MR) is 72.9 cm³/mol. The molecule has 0 atom stereocenters. The molecular formula is C14H13ClN2O2. The summed E-state index contributed by atoms with van der Waals surface area (Å²) in [5.41, 5.74) is 2.18. The normalized spacial score (nSPS) is 10.3. The van der Waals surface area contributed by atoms with E-state index in [0.29, 0.717) is 17.1 Å². The van der Waals surface area contributed by atoms with Crippen molar-refractivity contribution in [1.82, 2.24) is 9.97 Å². The Hall–Kier alpha value is -1.94. The van der Waals surface area contributed by atoms with Crippen LogP contribution < -0.4 is 0 Å². The molecule has 0 saturated carbocycles. The SMILES string of the molecule is COC(=O)Cc1c(C)nc(-c2ccccc2)nc1Cl. The Labute approximate surface area is 116 Å². The molecule has 2 rings (SSSR count). The standard InChI is InChI=1S/C14H13ClN2O2/c1-9-11(8-12(18)19-2)13(15)17-14(16-9)10-6-4-3-5-7-10/h3-7H,8H2,1-2H3. The fraction of sp³-hybridized carbons (Fsp3) is 0.214. The number of benzene rings is 1. The summed E-state index contributed by atoms with van der Waals surface area (Å²) in [5.74, 6) is 0.192. The van der Waals surface area contributed by atoms with E-state index in [2.05, 4.69) is 14.7 Å². The summed E-state index contributed by atoms with van der Waals surface area (Å²) in [7, 11) is 1.34. The van der Waals surface area contributed by atoms with Gasteiger partial charge in [-0.3, -0.25) is 4.79 Å². The summed E-state index contributed by atoms with van der Waals surface area (Å²) in [6.07, 6.45) is 0.0796. The van der Waals surface area contributed by atoms with Crippen LogP contribution in [0.3, 0.4) is 0 Å². The second kappa shape index (κ2) is 5.80. The molecule has 0 unspecified atom stereocenters. The van der Waals surface area contributed by atoms with Crippen molar-refractivity contribution in [2.24, 2.45) is 0 Å². The van der Waals surface area contributed by atoms with E-state index < -0.39 is 0 Å². The molecule has 5 heteroatoms. The summed E-state index contributed by atoms with van der Waals surface area (Å²) in [6.45, 7) is 1.80. The van der Waals surface area contributed by atoms with Gasteiger partial charge < -0.3 is 4.74 Å². The van der Waals surface area contributed by atoms with E-state index in [-0.39, 0.29) is 17.5 Å². The van der Waals surface area contributed by atoms with Gasteiger partial charge in [0.1, 0.15) is 5.15 Å². The van der Waals surface area contributed by atoms with Gasteiger partial charge in [-0.1, -0.05) is 41.9 Å². The topological polar surface area (TPSA) is 52.1 Å². The summed E-state index contributed by atoms with van der Waals surface area (Å²) in [6, 6.07) is 9.55. The van der Waals surface area contributed by atoms with Gasteiger partial charge in [0, 0.05) is 16.8 Å². The first-order chi connectivity index (χ1) is 9.11. The van der Waals surface area contributed by atoms with Crippen LogP contribution in [-0.2, 0) is 16.0 Å². The molecule has 0 radical (unpaired) electrons. The zero-order valence-electron chi connectivity index (χ0n) is 10.7. The number of aryl methyl sites for hydroxylation is 1. The highest BCUT2D eigenvalue weighted by molar-refractivity contribution is 6.30. The Kier molecular flexibility index (Phi) is 4.12. The minimum atomic E-state index is -0.360. The number of hydrogen-bond donors (Lipinski definition) is 0. The van der Waals surface area contributed by atoms with Gasteiger partial charge in [0.05, 0.1) is 13.5 Å². The number of halogens is 1. The van der Waals surface area contributed by atoms with Crippen molar-refractivity contribution in [1.29, 1.82) is 0 Å². The van der Waals surface area contributed by atoms with Gasteiger partial charge in [-0.15, -0.1) is 0 Å². The maximum atomic E-state index is 11.3. The van der Waals surface area contributed by atoms with Crippen molar-refractivity contribution in [3.05, 3.63) is 46.7 Å². The van der Waals surface area contributed by atoms with Gasteiger partial charge >= 0.3 is 5.97 Å². The molecule has 98 valence electrons. The molecular weight excluding hydrogens is 264 g/mol. The third-order valence-electron chi connectivity index (χ3n) is 2.74. The smallest absolute Gasteiger partial charge is 0.310 e. The van der Waals surface area contributed by atoms with Crippen LogP contribution in [0.4, 0.5) is 0 Å². The Morgan fingerprint density at radius 2 is 1.95 bits per heavy atom. The second-order valence-corrected chi connectivity index (χ2v) is 4.38. The first-order valence-electron chi connectivity index (χ1n) is 5.77. The molecule has 1 heterocycles. The first-order valence-corrected chi connectivity index (χ1v) is 6.15. The van der Waals surface area contributed by atoms with Crippen LogP contribution in [-0.4, -0.2) is 23.0 Å². The molecule has 0 aliphatic heterocycles. The van der Waals surface area contributed by atoms with E-state index in [4.69, 9.17) is 11.6 Å². The number of aromatic nitrogens is 2. The molecule has 19 heavy (non-hydrogen) atoms. The molecule has 0 spiro atoms. The van der Waals surface area contributed by atoms with Gasteiger partial charge in [-0.25, -0.2) is 9.97 Å². The van der Waals surface area contributed by atoms with Gasteiger partial charge in [0.25, 0.3) is 0 Å². The Morgan fingerprint density at radius 1 is 1.26 bits per heavy atom. The molecule has 0 aliphatic carbocycles. The zero-order chi connectivity index (χ0) is 13.8. The lowest BCUT2D eigenvalue weighted by Crippen LogP contribution is -2.09. The van der Waals surface area contributed by atoms with E-state index in [1.54, 1.807) is 6.92 Å². The lowest BCUT2D eigenvalue weighted by Gasteiger charge is -2.08. The number of carbonyl (C=O) groups excluding carboxylic acids is 1. The summed E-state index contributed by atoms with van der Waals surface area (Å²) in [5, 5.41) is 0.289. The molecule has 0 saturated heterocycles. The van der Waals surface area contributed by atoms with E-state index in [9.17, 15) is 4.79 Å². The van der Waals surface area contributed by atoms with Crippen LogP contribution in [0, 0.1) is 6.92 Å². The van der Waals surface area contributed by atoms with Crippen LogP contribution in [0.25, 0.3) is 11.4 Å². The average Bonchev–Trinajstić information content (AvgIpc) is 2.43. The number of nitrogens with zero attached hydrogens (tertiary/aromatic N) is 2. The van der Waals surface area contributed by atoms with Crippen molar-refractivity contribution in [3.8, 4) is 11.4 Å². The average molecular weight is 277 g/mol. The van der Waals surface area contributed by atoms with E-state index >= 15 is 0 Å². The number of carbonyl (C=O) groups is 1. The quantitative estimate of drug-likeness (QED) is 0.639. The molecule has 4 nitrogen and oxygen atoms in total. The van der Waals surface area contributed by atoms with Crippen LogP contribution in [0.5, 0.6) is 0 Å². The maximum absolute atomic E-state index is 11.3. The van der Waals surface area contributed by atoms with Gasteiger partial charge in [-0.2, -0.15) is 0 Å². The third kappa shape index (κ3) is 3.09. The Bertz CT molecular complexity index is 577. The lowest BCUT2D eigenvalue weighted by molar-refractivity contribution is -0.139. The fourth-order valence-corrected chi connectivity index (χ4v) is 1.98. The van der Waals surface area contributed by atoms with Crippen LogP contribution in [0.1, 0.15) is 11.3 Å². The van der Waals surface area contributed by atoms with E-state index in [0.717, 1.165) is 5.56 Å². The summed E-state index contributed by atoms with van der Waals surface area (Å²) >= 11 is 6.13. The van der Waals surface area contributed by atoms with Crippen molar-refractivity contribution in [2.75, 3.05) is 7.11 Å². The summed E-state index contributed by atoms with van der Waals surface area (Å²) < 4.78 is 4.63. The van der Waals surface area contributed by atoms with Gasteiger partial charge in [0.2, 0.25) is 0 Å². The number of esters is 1. The first kappa shape index (κ1) is 13.5. The van der Waals surface area contributed by atoms with Crippen molar-refractivity contribution < 1.29 is 9.53 Å². The van der Waals surface area contributed by atoms with Gasteiger partial charge in [-0.05, 0) is 6.92 Å². The minimum Gasteiger partial charge on any atom is -0.469 e. The maximum Gasteiger partial charge on any atom is 0.310 e. The van der Waals surface area contributed by atoms with Crippen LogP contribution in [0.2, 0.25) is 5.15 Å². The lowest BCUT2D eigenvalue weighted by atomic mass is 10.1. The van der Waals surface area contributed by atoms with Gasteiger partial charge in [0.15, 0.2) is 5.82 Å². The molecule has 0 fully saturated rings. The van der Waals surface area contributed by atoms with Crippen LogP contribution in [0.15, 0.2) is 30.3 Å². The Balaban J connectivity index is 2.40. The fourth-order valence-electron chi connectivity index (χ4n) is 1.69. The molecule has 1 aromatic heterocycles. The number of ether oxygens (including phenoxy) is 1. The van der Waals surface area contributed by atoms with Crippen molar-refractivity contribution in [3.63, 3.8) is 0 Å². The highest BCUT2D eigenvalue weighted by Crippen LogP contribution is 2.22. The monoisotopic (exact) mass is 276 g/mol. The zero-order valence-corrected chi connectivity index (χ0v) is 11.4. The van der Waals surface area contributed by atoms with E-state index in [1.165, 1.54) is 7.11 Å². The Morgan fingerprint density at radius 3 is 2.53 bits per heavy atom. The van der Waals surface area contributed by atoms with Crippen molar-refractivity contribution >= 4 is 17.6 Å². The molecule has 0 amide bonds. The molecule has 2 aromatic rings. The van der Waals surface area contributed by atoms with E-state index in [1.807, 2.05) is 30.3 Å². The molecule has 0 aliphatic rings. The van der Waals surface area contributed by atoms with Crippen molar-refractivity contribution in [2.45, 2.75) is 13.3 Å². The highest BCUT2D eigenvalue weighted by Gasteiger charge is 2.14.